The van der Waals surface area contributed by atoms with Crippen LogP contribution < -0.4 is 16.4 Å². The van der Waals surface area contributed by atoms with Gasteiger partial charge in [-0.2, -0.15) is 0 Å². The fraction of sp³-hybridized carbons (Fsp3) is 0.704. The Bertz CT molecular complexity index is 879. The van der Waals surface area contributed by atoms with E-state index < -0.39 is 19.3 Å². The predicted octanol–water partition coefficient (Wildman–Crippen LogP) is 2.31. The van der Waals surface area contributed by atoms with Gasteiger partial charge in [-0.25, -0.2) is 0 Å². The van der Waals surface area contributed by atoms with Gasteiger partial charge in [-0.05, 0) is 87.3 Å². The number of nitrogens with one attached hydrogen (secondary N) is 2. The van der Waals surface area contributed by atoms with Crippen molar-refractivity contribution in [1.29, 1.82) is 0 Å². The maximum absolute atomic E-state index is 13.3. The van der Waals surface area contributed by atoms with Crippen LogP contribution >= 0.6 is 0 Å². The van der Waals surface area contributed by atoms with Gasteiger partial charge in [-0.15, -0.1) is 0 Å². The molecule has 36 heavy (non-hydrogen) atoms. The van der Waals surface area contributed by atoms with Crippen LogP contribution in [0.5, 0.6) is 0 Å². The molecule has 5 N–H and O–H groups in total. The topological polar surface area (TPSA) is 123 Å². The molecular weight excluding hydrogens is 457 g/mol. The highest BCUT2D eigenvalue weighted by atomic mass is 16.5. The summed E-state index contributed by atoms with van der Waals surface area (Å²) in [6, 6.07) is 8.66. The fourth-order valence-electron chi connectivity index (χ4n) is 6.63. The molecule has 5 rings (SSSR count). The smallest absolute Gasteiger partial charge is 0.430 e. The first kappa shape index (κ1) is 27.1. The standard InChI is InChI=1S/C27H42BN3O5/c1-35-26-15-12-25(13-16-26,14-17-26)21-8-6-20(7-9-21)19-30-23(32)27(10-2-3-11-27)24(33)31-22(36-28-34)5-4-18-29/h6-9,22,28,34H,2-5,10-19,29H2,1H3,(H,30,32)(H,31,33)/t22-,25?,26?/m1/s1. The maximum atomic E-state index is 13.3. The van der Waals surface area contributed by atoms with Gasteiger partial charge in [-0.1, -0.05) is 37.1 Å². The average Bonchev–Trinajstić information content (AvgIpc) is 3.43. The Morgan fingerprint density at radius 1 is 1.03 bits per heavy atom. The Hall–Kier alpha value is -1.94. The second kappa shape index (κ2) is 11.6. The Labute approximate surface area is 215 Å². The number of carbonyl (C=O) groups is 2. The number of hydrogen-bond donors (Lipinski definition) is 4. The monoisotopic (exact) mass is 499 g/mol. The Morgan fingerprint density at radius 2 is 1.67 bits per heavy atom. The summed E-state index contributed by atoms with van der Waals surface area (Å²) in [5, 5.41) is 15.0. The van der Waals surface area contributed by atoms with Crippen LogP contribution in [0.3, 0.4) is 0 Å². The van der Waals surface area contributed by atoms with Crippen LogP contribution in [-0.2, 0) is 30.9 Å². The lowest BCUT2D eigenvalue weighted by molar-refractivity contribution is -0.145. The van der Waals surface area contributed by atoms with Crippen molar-refractivity contribution in [2.45, 2.75) is 101 Å². The van der Waals surface area contributed by atoms with Gasteiger partial charge in [0.15, 0.2) is 0 Å². The minimum Gasteiger partial charge on any atom is -0.430 e. The second-order valence-corrected chi connectivity index (χ2v) is 11.0. The van der Waals surface area contributed by atoms with E-state index in [1.54, 1.807) is 0 Å². The van der Waals surface area contributed by atoms with E-state index in [1.807, 2.05) is 7.11 Å². The van der Waals surface area contributed by atoms with Crippen LogP contribution in [0.1, 0.15) is 88.2 Å². The summed E-state index contributed by atoms with van der Waals surface area (Å²) < 4.78 is 11.1. The molecule has 0 spiro atoms. The largest absolute Gasteiger partial charge is 0.436 e. The quantitative estimate of drug-likeness (QED) is 0.199. The van der Waals surface area contributed by atoms with Crippen LogP contribution in [0.4, 0.5) is 0 Å². The molecule has 0 aliphatic heterocycles. The number of hydrogen-bond acceptors (Lipinski definition) is 6. The number of fused-ring (bicyclic) bond motifs is 3. The van der Waals surface area contributed by atoms with Crippen molar-refractivity contribution in [3.8, 4) is 0 Å². The van der Waals surface area contributed by atoms with Crippen LogP contribution in [0.25, 0.3) is 0 Å². The molecule has 0 heterocycles. The molecule has 0 unspecified atom stereocenters. The van der Waals surface area contributed by atoms with E-state index in [9.17, 15) is 9.59 Å². The molecule has 8 nitrogen and oxygen atoms in total. The number of amides is 2. The zero-order valence-corrected chi connectivity index (χ0v) is 21.7. The molecule has 0 aromatic heterocycles. The Morgan fingerprint density at radius 3 is 2.22 bits per heavy atom. The third kappa shape index (κ3) is 5.49. The molecule has 4 saturated carbocycles. The van der Waals surface area contributed by atoms with Gasteiger partial charge in [0, 0.05) is 13.7 Å². The number of rotatable bonds is 12. The van der Waals surface area contributed by atoms with E-state index in [2.05, 4.69) is 34.9 Å². The molecule has 2 bridgehead atoms. The van der Waals surface area contributed by atoms with Gasteiger partial charge < -0.3 is 30.8 Å². The van der Waals surface area contributed by atoms with Crippen LogP contribution in [0.15, 0.2) is 24.3 Å². The summed E-state index contributed by atoms with van der Waals surface area (Å²) in [5.41, 5.74) is 7.25. The van der Waals surface area contributed by atoms with Crippen molar-refractivity contribution >= 4 is 19.5 Å². The van der Waals surface area contributed by atoms with E-state index in [1.165, 1.54) is 24.8 Å². The van der Waals surface area contributed by atoms with E-state index in [-0.39, 0.29) is 22.8 Å². The molecule has 1 aromatic carbocycles. The first-order valence-electron chi connectivity index (χ1n) is 13.6. The summed E-state index contributed by atoms with van der Waals surface area (Å²) >= 11 is 0. The number of methoxy groups -OCH3 is 1. The third-order valence-corrected chi connectivity index (χ3v) is 9.19. The molecule has 4 fully saturated rings. The number of nitrogens with two attached hydrogens (primary N) is 1. The van der Waals surface area contributed by atoms with Crippen molar-refractivity contribution in [2.75, 3.05) is 13.7 Å². The molecule has 1 atom stereocenters. The van der Waals surface area contributed by atoms with Gasteiger partial charge in [0.2, 0.25) is 11.8 Å². The highest BCUT2D eigenvalue weighted by Gasteiger charge is 2.50. The van der Waals surface area contributed by atoms with Gasteiger partial charge in [0.05, 0.1) is 5.60 Å². The molecule has 4 aliphatic carbocycles. The lowest BCUT2D eigenvalue weighted by atomic mass is 9.56. The second-order valence-electron chi connectivity index (χ2n) is 11.0. The number of ether oxygens (including phenoxy) is 1. The molecule has 198 valence electrons. The lowest BCUT2D eigenvalue weighted by Crippen LogP contribution is -2.53. The van der Waals surface area contributed by atoms with Crippen LogP contribution in [-0.4, -0.2) is 50.0 Å². The summed E-state index contributed by atoms with van der Waals surface area (Å²) in [4.78, 5) is 26.5. The average molecular weight is 499 g/mol. The van der Waals surface area contributed by atoms with Crippen LogP contribution in [0, 0.1) is 5.41 Å². The van der Waals surface area contributed by atoms with Gasteiger partial charge >= 0.3 is 7.69 Å². The van der Waals surface area contributed by atoms with E-state index in [0.29, 0.717) is 38.8 Å². The van der Waals surface area contributed by atoms with Crippen molar-refractivity contribution in [3.05, 3.63) is 35.4 Å². The van der Waals surface area contributed by atoms with Gasteiger partial charge in [0.1, 0.15) is 11.6 Å². The number of carbonyl (C=O) groups excluding carboxylic acids is 2. The van der Waals surface area contributed by atoms with Crippen LogP contribution in [0.2, 0.25) is 0 Å². The lowest BCUT2D eigenvalue weighted by Gasteiger charge is -2.53. The molecular formula is C27H42BN3O5. The summed E-state index contributed by atoms with van der Waals surface area (Å²) in [7, 11) is 1.35. The van der Waals surface area contributed by atoms with Crippen molar-refractivity contribution in [2.24, 2.45) is 11.1 Å². The normalized spacial score (nSPS) is 27.4. The summed E-state index contributed by atoms with van der Waals surface area (Å²) in [6.45, 7) is 0.846. The Balaban J connectivity index is 1.36. The third-order valence-electron chi connectivity index (χ3n) is 9.19. The molecule has 0 radical (unpaired) electrons. The highest BCUT2D eigenvalue weighted by Crippen LogP contribution is 2.54. The van der Waals surface area contributed by atoms with Crippen molar-refractivity contribution in [1.82, 2.24) is 10.6 Å². The van der Waals surface area contributed by atoms with E-state index in [0.717, 1.165) is 37.7 Å². The Kier molecular flexibility index (Phi) is 8.76. The first-order chi connectivity index (χ1) is 17.4. The van der Waals surface area contributed by atoms with Gasteiger partial charge in [0.25, 0.3) is 0 Å². The van der Waals surface area contributed by atoms with Crippen molar-refractivity contribution < 1.29 is 24.0 Å². The SMILES string of the molecule is COC12CCC(c3ccc(CNC(=O)C4(C(=O)N[C@@H](CCCN)OBO)CCCC4)cc3)(CC1)CC2. The molecule has 4 aliphatic rings. The van der Waals surface area contributed by atoms with Crippen molar-refractivity contribution in [3.63, 3.8) is 0 Å². The summed E-state index contributed by atoms with van der Waals surface area (Å²) in [5.74, 6) is -0.568. The minimum atomic E-state index is -1.10. The van der Waals surface area contributed by atoms with Gasteiger partial charge in [-0.3, -0.25) is 9.59 Å². The zero-order chi connectivity index (χ0) is 25.7. The molecule has 1 aromatic rings. The number of benzene rings is 1. The zero-order valence-electron chi connectivity index (χ0n) is 21.7. The molecule has 9 heteroatoms. The maximum Gasteiger partial charge on any atom is 0.436 e. The fourth-order valence-corrected chi connectivity index (χ4v) is 6.63. The first-order valence-corrected chi connectivity index (χ1v) is 13.6. The predicted molar refractivity (Wildman–Crippen MR) is 139 cm³/mol. The minimum absolute atomic E-state index is 0.100. The molecule has 2 amide bonds. The highest BCUT2D eigenvalue weighted by molar-refractivity contribution is 6.16. The van der Waals surface area contributed by atoms with E-state index in [4.69, 9.17) is 20.1 Å². The molecule has 0 saturated heterocycles. The summed E-state index contributed by atoms with van der Waals surface area (Å²) in [6.07, 6.45) is 10.0. The van der Waals surface area contributed by atoms with E-state index >= 15 is 0 Å².